The second-order valence-electron chi connectivity index (χ2n) is 11.6. The molecule has 282 valence electrons. The number of H-pyrrole nitrogens is 1. The van der Waals surface area contributed by atoms with E-state index in [1.165, 1.54) is 58.5 Å². The summed E-state index contributed by atoms with van der Waals surface area (Å²) in [6.07, 6.45) is 6.35. The van der Waals surface area contributed by atoms with Gasteiger partial charge in [0.1, 0.15) is 24.9 Å². The summed E-state index contributed by atoms with van der Waals surface area (Å²) >= 11 is 0. The maximum absolute atomic E-state index is 13.5. The first-order valence-corrected chi connectivity index (χ1v) is 16.0. The Kier molecular flexibility index (Phi) is 11.6. The Morgan fingerprint density at radius 1 is 0.833 bits per heavy atom. The number of rotatable bonds is 16. The van der Waals surface area contributed by atoms with Crippen LogP contribution < -0.4 is 33.4 Å². The summed E-state index contributed by atoms with van der Waals surface area (Å²) in [5.41, 5.74) is 17.2. The number of hydrogen-bond donors (Lipinski definition) is 8. The quantitative estimate of drug-likeness (QED) is 0.0361. The third-order valence-corrected chi connectivity index (χ3v) is 7.73. The fourth-order valence-electron chi connectivity index (χ4n) is 5.11. The highest BCUT2D eigenvalue weighted by atomic mass is 16.3. The molecule has 0 bridgehead atoms. The van der Waals surface area contributed by atoms with Crippen molar-refractivity contribution in [3.8, 4) is 11.5 Å². The van der Waals surface area contributed by atoms with Crippen LogP contribution in [-0.2, 0) is 37.1 Å². The van der Waals surface area contributed by atoms with Gasteiger partial charge >= 0.3 is 0 Å². The number of aromatic hydroxyl groups is 2. The predicted molar refractivity (Wildman–Crippen MR) is 189 cm³/mol. The Morgan fingerprint density at radius 2 is 1.48 bits per heavy atom. The number of benzene rings is 1. The molecule has 0 atom stereocenters. The van der Waals surface area contributed by atoms with Crippen molar-refractivity contribution in [1.29, 1.82) is 0 Å². The van der Waals surface area contributed by atoms with Crippen LogP contribution in [0.3, 0.4) is 0 Å². The molecular weight excluding hydrogens is 710 g/mol. The van der Waals surface area contributed by atoms with Gasteiger partial charge < -0.3 is 57.0 Å². The van der Waals surface area contributed by atoms with Crippen LogP contribution >= 0.6 is 0 Å². The number of anilines is 2. The maximum atomic E-state index is 13.5. The summed E-state index contributed by atoms with van der Waals surface area (Å²) < 4.78 is 2.70. The number of aromatic amines is 1. The lowest BCUT2D eigenvalue weighted by Gasteiger charge is -2.24. The van der Waals surface area contributed by atoms with E-state index in [-0.39, 0.29) is 67.2 Å². The number of phenolic OH excluding ortho intramolecular Hbond substituents is 2. The molecule has 54 heavy (non-hydrogen) atoms. The van der Waals surface area contributed by atoms with Crippen molar-refractivity contribution in [2.75, 3.05) is 50.7 Å². The molecule has 0 fully saturated rings. The molecule has 0 aliphatic rings. The molecule has 4 heterocycles. The predicted octanol–water partition coefficient (Wildman–Crippen LogP) is -3.38. The Morgan fingerprint density at radius 3 is 2.17 bits per heavy atom. The first-order chi connectivity index (χ1) is 25.8. The Labute approximate surface area is 303 Å². The molecule has 0 unspecified atom stereocenters. The molecule has 5 amide bonds. The van der Waals surface area contributed by atoms with Crippen molar-refractivity contribution in [3.05, 3.63) is 59.2 Å². The first-order valence-electron chi connectivity index (χ1n) is 16.0. The van der Waals surface area contributed by atoms with Gasteiger partial charge in [0.05, 0.1) is 25.7 Å². The minimum Gasteiger partial charge on any atom is -0.504 e. The molecule has 0 saturated heterocycles. The molecule has 23 heteroatoms. The lowest BCUT2D eigenvalue weighted by molar-refractivity contribution is -0.137. The highest BCUT2D eigenvalue weighted by Crippen LogP contribution is 2.25. The van der Waals surface area contributed by atoms with E-state index in [2.05, 4.69) is 40.5 Å². The van der Waals surface area contributed by atoms with Gasteiger partial charge in [-0.1, -0.05) is 6.07 Å². The summed E-state index contributed by atoms with van der Waals surface area (Å²) in [5, 5.41) is 24.3. The lowest BCUT2D eigenvalue weighted by atomic mass is 10.2. The summed E-state index contributed by atoms with van der Waals surface area (Å²) in [5.74, 6) is -3.91. The number of nitrogens with two attached hydrogens (primary N) is 3. The summed E-state index contributed by atoms with van der Waals surface area (Å²) in [7, 11) is 0. The highest BCUT2D eigenvalue weighted by molar-refractivity contribution is 5.92. The van der Waals surface area contributed by atoms with Crippen molar-refractivity contribution in [1.82, 2.24) is 59.5 Å². The number of hydrogen-bond acceptors (Lipinski definition) is 15. The van der Waals surface area contributed by atoms with E-state index in [0.29, 0.717) is 16.7 Å². The number of nitrogens with one attached hydrogen (secondary N) is 3. The summed E-state index contributed by atoms with van der Waals surface area (Å²) in [4.78, 5) is 101. The topological polar surface area (TPSA) is 342 Å². The number of carbonyl (C=O) groups is 5. The number of nitrogens with zero attached hydrogens (tertiary/aromatic N) is 9. The standard InChI is InChI=1S/C31H35N15O8/c32-20(49)10-43(23(52)12-45-15-39-25-27(33)37-14-38-28(25)45)7-6-36-22(51)11-44(8-5-35-21(50)4-2-17-1-3-18(47)19(48)9-17)24(53)13-46-16-40-26-29(46)41-31(34)42-30(26)54/h1-4,9,14-16,47-48H,5-8,10-13H2,(H2,32,49)(H,35,50)(H,36,51)(H2,33,37,38)(H3,34,41,42,54)/b4-2+. The van der Waals surface area contributed by atoms with Gasteiger partial charge in [0.2, 0.25) is 35.5 Å². The Balaban J connectivity index is 1.22. The summed E-state index contributed by atoms with van der Waals surface area (Å²) in [6, 6.07) is 3.99. The van der Waals surface area contributed by atoms with Crippen LogP contribution in [0, 0.1) is 0 Å². The van der Waals surface area contributed by atoms with Crippen molar-refractivity contribution in [3.63, 3.8) is 0 Å². The van der Waals surface area contributed by atoms with Crippen molar-refractivity contribution in [2.45, 2.75) is 13.1 Å². The molecule has 5 rings (SSSR count). The second kappa shape index (κ2) is 16.6. The zero-order valence-electron chi connectivity index (χ0n) is 28.4. The van der Waals surface area contributed by atoms with Gasteiger partial charge in [0.25, 0.3) is 5.56 Å². The number of imidazole rings is 2. The normalized spacial score (nSPS) is 11.2. The van der Waals surface area contributed by atoms with Gasteiger partial charge in [-0.05, 0) is 23.8 Å². The molecule has 0 aliphatic carbocycles. The number of nitrogen functional groups attached to an aromatic ring is 2. The third-order valence-electron chi connectivity index (χ3n) is 7.73. The van der Waals surface area contributed by atoms with Crippen LogP contribution in [-0.4, -0.2) is 128 Å². The molecule has 4 aromatic heterocycles. The fraction of sp³-hybridized carbons (Fsp3) is 0.258. The first kappa shape index (κ1) is 37.7. The molecule has 11 N–H and O–H groups in total. The molecule has 0 saturated carbocycles. The van der Waals surface area contributed by atoms with E-state index < -0.39 is 54.7 Å². The number of carbonyl (C=O) groups excluding carboxylic acids is 5. The highest BCUT2D eigenvalue weighted by Gasteiger charge is 2.22. The minimum absolute atomic E-state index is 0.0338. The number of amides is 5. The fourth-order valence-corrected chi connectivity index (χ4v) is 5.11. The van der Waals surface area contributed by atoms with Crippen molar-refractivity contribution < 1.29 is 34.2 Å². The maximum Gasteiger partial charge on any atom is 0.280 e. The van der Waals surface area contributed by atoms with Crippen LogP contribution in [0.5, 0.6) is 11.5 Å². The van der Waals surface area contributed by atoms with Gasteiger partial charge in [0.15, 0.2) is 34.1 Å². The van der Waals surface area contributed by atoms with Crippen LogP contribution in [0.2, 0.25) is 0 Å². The third kappa shape index (κ3) is 9.39. The molecule has 0 spiro atoms. The average molecular weight is 746 g/mol. The molecule has 23 nitrogen and oxygen atoms in total. The average Bonchev–Trinajstić information content (AvgIpc) is 3.72. The van der Waals surface area contributed by atoms with Crippen LogP contribution in [0.4, 0.5) is 11.8 Å². The number of primary amides is 1. The van der Waals surface area contributed by atoms with Gasteiger partial charge in [-0.2, -0.15) is 4.98 Å². The number of fused-ring (bicyclic) bond motifs is 2. The van der Waals surface area contributed by atoms with Crippen LogP contribution in [0.25, 0.3) is 28.4 Å². The smallest absolute Gasteiger partial charge is 0.280 e. The minimum atomic E-state index is -0.795. The largest absolute Gasteiger partial charge is 0.504 e. The molecule has 5 aromatic rings. The Hall–Kier alpha value is -7.59. The van der Waals surface area contributed by atoms with Gasteiger partial charge in [-0.25, -0.2) is 19.9 Å². The lowest BCUT2D eigenvalue weighted by Crippen LogP contribution is -2.47. The summed E-state index contributed by atoms with van der Waals surface area (Å²) in [6.45, 7) is -2.13. The second-order valence-corrected chi connectivity index (χ2v) is 11.6. The van der Waals surface area contributed by atoms with Crippen molar-refractivity contribution in [2.24, 2.45) is 5.73 Å². The van der Waals surface area contributed by atoms with Gasteiger partial charge in [-0.15, -0.1) is 0 Å². The van der Waals surface area contributed by atoms with Gasteiger partial charge in [-0.3, -0.25) is 33.8 Å². The molecular formula is C31H35N15O8. The number of phenols is 2. The SMILES string of the molecule is NC(=O)CN(CCNC(=O)CN(CCNC(=O)/C=C/c1ccc(O)c(O)c1)C(=O)Cn1cnc2c(=O)[nH]c(N)nc21)C(=O)Cn1cnc2c(N)ncnc21. The van der Waals surface area contributed by atoms with Crippen LogP contribution in [0.15, 0.2) is 48.1 Å². The molecule has 1 aromatic carbocycles. The van der Waals surface area contributed by atoms with E-state index in [4.69, 9.17) is 17.2 Å². The van der Waals surface area contributed by atoms with E-state index in [1.54, 1.807) is 0 Å². The zero-order valence-corrected chi connectivity index (χ0v) is 28.4. The van der Waals surface area contributed by atoms with E-state index >= 15 is 0 Å². The zero-order chi connectivity index (χ0) is 38.9. The van der Waals surface area contributed by atoms with E-state index in [1.807, 2.05) is 0 Å². The monoisotopic (exact) mass is 745 g/mol. The Bertz CT molecular complexity index is 2310. The molecule has 0 radical (unpaired) electrons. The number of aromatic nitrogens is 8. The molecule has 0 aliphatic heterocycles. The van der Waals surface area contributed by atoms with E-state index in [0.717, 1.165) is 9.80 Å². The van der Waals surface area contributed by atoms with Gasteiger partial charge in [0, 0.05) is 32.3 Å². The van der Waals surface area contributed by atoms with Crippen LogP contribution in [0.1, 0.15) is 5.56 Å². The van der Waals surface area contributed by atoms with E-state index in [9.17, 15) is 39.0 Å². The van der Waals surface area contributed by atoms with Crippen molar-refractivity contribution >= 4 is 69.7 Å².